The molecule has 1 aromatic carbocycles. The van der Waals surface area contributed by atoms with E-state index in [0.29, 0.717) is 29.9 Å². The molecule has 46 heavy (non-hydrogen) atoms. The number of methoxy groups -OCH3 is 1. The van der Waals surface area contributed by atoms with Gasteiger partial charge in [-0.05, 0) is 49.6 Å². The second-order valence-electron chi connectivity index (χ2n) is 10.1. The molecule has 1 aliphatic heterocycles. The molecule has 2 N–H and O–H groups in total. The summed E-state index contributed by atoms with van der Waals surface area (Å²) >= 11 is 0. The van der Waals surface area contributed by atoms with Crippen LogP contribution in [0.1, 0.15) is 60.8 Å². The van der Waals surface area contributed by atoms with Crippen molar-refractivity contribution in [3.05, 3.63) is 64.6 Å². The summed E-state index contributed by atoms with van der Waals surface area (Å²) in [4.78, 5) is 38.5. The quantitative estimate of drug-likeness (QED) is 0.240. The van der Waals surface area contributed by atoms with E-state index in [9.17, 15) is 35.9 Å². The summed E-state index contributed by atoms with van der Waals surface area (Å²) in [6, 6.07) is 3.28. The van der Waals surface area contributed by atoms with Crippen LogP contribution in [0, 0.1) is 0 Å². The lowest BCUT2D eigenvalue weighted by atomic mass is 9.93. The lowest BCUT2D eigenvalue weighted by molar-refractivity contribution is -0.143. The summed E-state index contributed by atoms with van der Waals surface area (Å²) in [6.07, 6.45) is -9.48. The fourth-order valence-electron chi connectivity index (χ4n) is 4.96. The van der Waals surface area contributed by atoms with Crippen molar-refractivity contribution >= 4 is 23.7 Å². The average molecular weight is 658 g/mol. The van der Waals surface area contributed by atoms with Gasteiger partial charge >= 0.3 is 24.4 Å². The summed E-state index contributed by atoms with van der Waals surface area (Å²) in [6.45, 7) is 2.79. The summed E-state index contributed by atoms with van der Waals surface area (Å²) < 4.78 is 96.8. The molecule has 11 nitrogen and oxygen atoms in total. The van der Waals surface area contributed by atoms with E-state index in [2.05, 4.69) is 20.3 Å². The maximum atomic E-state index is 13.5. The molecule has 0 aliphatic carbocycles. The average Bonchev–Trinajstić information content (AvgIpc) is 2.99. The highest BCUT2D eigenvalue weighted by Crippen LogP contribution is 2.41. The van der Waals surface area contributed by atoms with E-state index in [0.717, 1.165) is 6.20 Å². The molecule has 0 saturated heterocycles. The third-order valence-corrected chi connectivity index (χ3v) is 6.99. The Balaban J connectivity index is 1.76. The minimum atomic E-state index is -5.08. The van der Waals surface area contributed by atoms with E-state index < -0.39 is 60.2 Å². The molecule has 0 unspecified atom stereocenters. The maximum Gasteiger partial charge on any atom is 0.416 e. The number of nitrogens with zero attached hydrogens (tertiary/aromatic N) is 4. The first-order valence-corrected chi connectivity index (χ1v) is 13.9. The molecule has 3 heterocycles. The highest BCUT2D eigenvalue weighted by atomic mass is 19.4. The first kappa shape index (κ1) is 34.1. The molecular formula is C29H29F6N5O6. The summed E-state index contributed by atoms with van der Waals surface area (Å²) in [5.41, 5.74) is -2.85. The Morgan fingerprint density at radius 2 is 1.72 bits per heavy atom. The molecule has 3 aromatic rings. The third kappa shape index (κ3) is 7.87. The Labute approximate surface area is 258 Å². The van der Waals surface area contributed by atoms with Gasteiger partial charge in [0.1, 0.15) is 0 Å². The number of hydrogen-bond acceptors (Lipinski definition) is 9. The van der Waals surface area contributed by atoms with Crippen molar-refractivity contribution in [3.63, 3.8) is 0 Å². The third-order valence-electron chi connectivity index (χ3n) is 6.99. The van der Waals surface area contributed by atoms with Gasteiger partial charge in [-0.2, -0.15) is 26.3 Å². The predicted octanol–water partition coefficient (Wildman–Crippen LogP) is 6.27. The molecule has 1 aliphatic rings. The zero-order valence-electron chi connectivity index (χ0n) is 24.7. The largest absolute Gasteiger partial charge is 0.481 e. The van der Waals surface area contributed by atoms with Crippen LogP contribution in [-0.2, 0) is 28.3 Å². The van der Waals surface area contributed by atoms with Crippen molar-refractivity contribution < 1.29 is 55.2 Å². The Hall–Kier alpha value is -4.83. The number of carboxylic acids is 1. The summed E-state index contributed by atoms with van der Waals surface area (Å²) in [5.74, 6) is -1.53. The molecule has 0 fully saturated rings. The molecule has 0 radical (unpaired) electrons. The molecule has 4 rings (SSSR count). The smallest absolute Gasteiger partial charge is 0.416 e. The van der Waals surface area contributed by atoms with E-state index in [1.165, 1.54) is 12.0 Å². The van der Waals surface area contributed by atoms with E-state index >= 15 is 0 Å². The van der Waals surface area contributed by atoms with Crippen molar-refractivity contribution in [2.45, 2.75) is 57.5 Å². The van der Waals surface area contributed by atoms with Crippen molar-refractivity contribution in [2.24, 2.45) is 0 Å². The Morgan fingerprint density at radius 3 is 2.28 bits per heavy atom. The fraction of sp³-hybridized carbons (Fsp3) is 0.414. The molecule has 248 valence electrons. The lowest BCUT2D eigenvalue weighted by Gasteiger charge is -2.39. The molecule has 17 heteroatoms. The summed E-state index contributed by atoms with van der Waals surface area (Å²) in [7, 11) is 1.40. The van der Waals surface area contributed by atoms with Crippen LogP contribution in [0.2, 0.25) is 0 Å². The van der Waals surface area contributed by atoms with E-state index in [4.69, 9.17) is 19.3 Å². The Morgan fingerprint density at radius 1 is 1.04 bits per heavy atom. The van der Waals surface area contributed by atoms with Gasteiger partial charge in [0, 0.05) is 18.5 Å². The molecule has 1 amide bonds. The first-order valence-electron chi connectivity index (χ1n) is 13.9. The Bertz CT molecular complexity index is 1550. The van der Waals surface area contributed by atoms with E-state index in [1.54, 1.807) is 19.1 Å². The maximum absolute atomic E-state index is 13.5. The number of carbonyl (C=O) groups is 2. The number of carbonyl (C=O) groups excluding carboxylic acids is 1. The van der Waals surface area contributed by atoms with Crippen LogP contribution in [0.4, 0.5) is 42.8 Å². The zero-order chi connectivity index (χ0) is 33.8. The van der Waals surface area contributed by atoms with Gasteiger partial charge in [0.2, 0.25) is 11.8 Å². The number of carboxylic acid groups (broad SMARTS) is 1. The second kappa shape index (κ2) is 13.7. The topological polar surface area (TPSA) is 136 Å². The number of nitrogens with one attached hydrogen (secondary N) is 1. The minimum Gasteiger partial charge on any atom is -0.481 e. The molecular weight excluding hydrogens is 628 g/mol. The van der Waals surface area contributed by atoms with Gasteiger partial charge in [-0.3, -0.25) is 4.90 Å². The normalized spacial score (nSPS) is 16.4. The zero-order valence-corrected chi connectivity index (χ0v) is 24.7. The number of aliphatic carboxylic acids is 1. The fourth-order valence-corrected chi connectivity index (χ4v) is 4.96. The van der Waals surface area contributed by atoms with Crippen molar-refractivity contribution in [2.75, 3.05) is 30.5 Å². The SMILES string of the molecule is CCOC(=O)N1c2ccc(OC)nc2[C@@H](Nc2ncc(OCC(=O)O)c(Cc3cc(C(F)(F)F)cc(C(F)(F)F)c3)n2)C[C@H]1CC. The van der Waals surface area contributed by atoms with E-state index in [-0.39, 0.29) is 48.4 Å². The first-order chi connectivity index (χ1) is 21.6. The minimum absolute atomic E-state index is 0.00380. The van der Waals surface area contributed by atoms with Crippen molar-refractivity contribution in [3.8, 4) is 11.6 Å². The molecule has 0 bridgehead atoms. The van der Waals surface area contributed by atoms with Crippen LogP contribution in [0.5, 0.6) is 11.6 Å². The number of ether oxygens (including phenoxy) is 3. The molecule has 2 atom stereocenters. The number of amides is 1. The van der Waals surface area contributed by atoms with Crippen molar-refractivity contribution in [1.82, 2.24) is 15.0 Å². The molecule has 0 spiro atoms. The van der Waals surface area contributed by atoms with Gasteiger partial charge in [-0.1, -0.05) is 6.92 Å². The number of halogens is 6. The van der Waals surface area contributed by atoms with Gasteiger partial charge in [-0.15, -0.1) is 0 Å². The van der Waals surface area contributed by atoms with Gasteiger partial charge in [0.05, 0.1) is 54.2 Å². The number of anilines is 2. The van der Waals surface area contributed by atoms with Gasteiger partial charge in [0.15, 0.2) is 12.4 Å². The van der Waals surface area contributed by atoms with E-state index in [1.807, 2.05) is 6.92 Å². The number of pyridine rings is 1. The Kier molecular flexibility index (Phi) is 10.1. The van der Waals surface area contributed by atoms with Crippen LogP contribution in [0.3, 0.4) is 0 Å². The highest BCUT2D eigenvalue weighted by molar-refractivity contribution is 5.90. The number of fused-ring (bicyclic) bond motifs is 1. The number of alkyl halides is 6. The molecule has 2 aromatic heterocycles. The van der Waals surface area contributed by atoms with Crippen LogP contribution < -0.4 is 19.7 Å². The second-order valence-corrected chi connectivity index (χ2v) is 10.1. The standard InChI is InChI=1S/C29H29F6N5O6/c1-4-18-12-20(25-21(6-7-23(39-25)44-3)40(18)27(43)45-5-2)38-26-36-13-22(46-14-24(41)42)19(37-26)10-15-8-16(28(30,31)32)11-17(9-15)29(33,34)35/h6-9,11,13,18,20H,4-5,10,12,14H2,1-3H3,(H,41,42)(H,36,37,38)/t18-,20+/m1/s1. The van der Waals surface area contributed by atoms with Gasteiger partial charge in [-0.25, -0.2) is 24.5 Å². The monoisotopic (exact) mass is 657 g/mol. The van der Waals surface area contributed by atoms with Crippen LogP contribution >= 0.6 is 0 Å². The number of rotatable bonds is 10. The van der Waals surface area contributed by atoms with Gasteiger partial charge in [0.25, 0.3) is 0 Å². The summed E-state index contributed by atoms with van der Waals surface area (Å²) in [5, 5.41) is 12.2. The number of benzene rings is 1. The van der Waals surface area contributed by atoms with Crippen molar-refractivity contribution in [1.29, 1.82) is 0 Å². The number of hydrogen-bond donors (Lipinski definition) is 2. The molecule has 0 saturated carbocycles. The van der Waals surface area contributed by atoms with Gasteiger partial charge < -0.3 is 24.6 Å². The highest BCUT2D eigenvalue weighted by Gasteiger charge is 2.39. The van der Waals surface area contributed by atoms with Crippen LogP contribution in [0.15, 0.2) is 36.5 Å². The predicted molar refractivity (Wildman–Crippen MR) is 150 cm³/mol. The number of aromatic nitrogens is 3. The van der Waals surface area contributed by atoms with Crippen LogP contribution in [0.25, 0.3) is 0 Å². The van der Waals surface area contributed by atoms with Crippen LogP contribution in [-0.4, -0.2) is 58.5 Å². The lowest BCUT2D eigenvalue weighted by Crippen LogP contribution is -2.46.